The molecule has 0 aliphatic carbocycles. The van der Waals surface area contributed by atoms with Gasteiger partial charge in [-0.15, -0.1) is 0 Å². The Morgan fingerprint density at radius 3 is 2.33 bits per heavy atom. The number of ether oxygens (including phenoxy) is 3. The predicted molar refractivity (Wildman–Crippen MR) is 73.0 cm³/mol. The topological polar surface area (TPSA) is 117 Å². The van der Waals surface area contributed by atoms with Crippen LogP contribution in [-0.4, -0.2) is 35.3 Å². The van der Waals surface area contributed by atoms with Gasteiger partial charge in [0.25, 0.3) is 0 Å². The van der Waals surface area contributed by atoms with Gasteiger partial charge in [0.15, 0.2) is 0 Å². The molecule has 0 fully saturated rings. The van der Waals surface area contributed by atoms with Crippen molar-refractivity contribution in [3.8, 4) is 23.5 Å². The fourth-order valence-corrected chi connectivity index (χ4v) is 1.60. The van der Waals surface area contributed by atoms with Crippen molar-refractivity contribution in [2.24, 2.45) is 0 Å². The Bertz CT molecular complexity index is 653. The van der Waals surface area contributed by atoms with Crippen molar-refractivity contribution in [1.82, 2.24) is 9.97 Å². The minimum atomic E-state index is -1.21. The largest absolute Gasteiger partial charge is 0.481 e. The fourth-order valence-electron chi connectivity index (χ4n) is 1.60. The summed E-state index contributed by atoms with van der Waals surface area (Å²) < 4.78 is 15.4. The first-order chi connectivity index (χ1) is 10.0. The molecular formula is C13H13N3O5. The Kier molecular flexibility index (Phi) is 4.07. The molecule has 0 saturated carbocycles. The lowest BCUT2D eigenvalue weighted by Crippen LogP contribution is -2.06. The monoisotopic (exact) mass is 291 g/mol. The second-order valence-electron chi connectivity index (χ2n) is 3.86. The number of carbonyl (C=O) groups is 1. The molecule has 0 atom stereocenters. The second-order valence-corrected chi connectivity index (χ2v) is 3.86. The third-order valence-electron chi connectivity index (χ3n) is 2.55. The van der Waals surface area contributed by atoms with Crippen LogP contribution in [0.3, 0.4) is 0 Å². The van der Waals surface area contributed by atoms with Crippen LogP contribution in [0.5, 0.6) is 23.5 Å². The number of nitrogens with two attached hydrogens (primary N) is 1. The van der Waals surface area contributed by atoms with Gasteiger partial charge in [0.2, 0.25) is 11.8 Å². The van der Waals surface area contributed by atoms with Gasteiger partial charge in [0, 0.05) is 5.69 Å². The van der Waals surface area contributed by atoms with Crippen molar-refractivity contribution < 1.29 is 24.1 Å². The first kappa shape index (κ1) is 14.4. The zero-order valence-electron chi connectivity index (χ0n) is 11.4. The summed E-state index contributed by atoms with van der Waals surface area (Å²) in [5.74, 6) is -0.744. The Morgan fingerprint density at radius 1 is 1.19 bits per heavy atom. The molecule has 0 saturated heterocycles. The number of benzene rings is 1. The lowest BCUT2D eigenvalue weighted by atomic mass is 10.1. The molecule has 2 rings (SSSR count). The van der Waals surface area contributed by atoms with Gasteiger partial charge in [-0.1, -0.05) is 6.07 Å². The van der Waals surface area contributed by atoms with E-state index in [2.05, 4.69) is 9.97 Å². The summed E-state index contributed by atoms with van der Waals surface area (Å²) in [6.45, 7) is 0. The number of hydrogen-bond acceptors (Lipinski definition) is 7. The van der Waals surface area contributed by atoms with Crippen LogP contribution in [-0.2, 0) is 0 Å². The molecule has 0 aliphatic heterocycles. The van der Waals surface area contributed by atoms with Crippen LogP contribution in [0, 0.1) is 0 Å². The summed E-state index contributed by atoms with van der Waals surface area (Å²) in [5.41, 5.74) is 5.55. The minimum absolute atomic E-state index is 0.0257. The highest BCUT2D eigenvalue weighted by molar-refractivity contribution is 5.96. The number of methoxy groups -OCH3 is 2. The first-order valence-electron chi connectivity index (χ1n) is 5.82. The summed E-state index contributed by atoms with van der Waals surface area (Å²) in [6.07, 6.45) is 0. The molecule has 1 aromatic carbocycles. The van der Waals surface area contributed by atoms with Gasteiger partial charge in [-0.25, -0.2) is 4.79 Å². The molecule has 21 heavy (non-hydrogen) atoms. The molecule has 8 nitrogen and oxygen atoms in total. The Morgan fingerprint density at radius 2 is 1.81 bits per heavy atom. The van der Waals surface area contributed by atoms with Gasteiger partial charge in [0.1, 0.15) is 11.3 Å². The van der Waals surface area contributed by atoms with E-state index in [0.717, 1.165) is 0 Å². The summed E-state index contributed by atoms with van der Waals surface area (Å²) in [5, 5.41) is 9.18. The van der Waals surface area contributed by atoms with E-state index in [1.165, 1.54) is 32.4 Å². The highest BCUT2D eigenvalue weighted by Crippen LogP contribution is 2.29. The van der Waals surface area contributed by atoms with E-state index in [-0.39, 0.29) is 34.8 Å². The zero-order chi connectivity index (χ0) is 15.4. The molecular weight excluding hydrogens is 278 g/mol. The number of nitrogen functional groups attached to an aromatic ring is 1. The van der Waals surface area contributed by atoms with Gasteiger partial charge in [-0.3, -0.25) is 0 Å². The molecule has 1 aromatic heterocycles. The maximum Gasteiger partial charge on any atom is 0.341 e. The van der Waals surface area contributed by atoms with Crippen molar-refractivity contribution in [3.05, 3.63) is 29.8 Å². The van der Waals surface area contributed by atoms with Crippen LogP contribution in [0.25, 0.3) is 0 Å². The maximum atomic E-state index is 11.2. The van der Waals surface area contributed by atoms with Crippen molar-refractivity contribution in [3.63, 3.8) is 0 Å². The molecule has 0 spiro atoms. The van der Waals surface area contributed by atoms with Crippen LogP contribution in [0.15, 0.2) is 24.3 Å². The predicted octanol–water partition coefficient (Wildman–Crippen LogP) is 1.57. The van der Waals surface area contributed by atoms with E-state index >= 15 is 0 Å². The summed E-state index contributed by atoms with van der Waals surface area (Å²) in [7, 11) is 2.85. The third kappa shape index (κ3) is 3.11. The van der Waals surface area contributed by atoms with E-state index < -0.39 is 5.97 Å². The maximum absolute atomic E-state index is 11.2. The van der Waals surface area contributed by atoms with Gasteiger partial charge in [-0.2, -0.15) is 9.97 Å². The summed E-state index contributed by atoms with van der Waals surface area (Å²) in [4.78, 5) is 19.1. The number of rotatable bonds is 5. The van der Waals surface area contributed by atoms with Crippen molar-refractivity contribution in [2.75, 3.05) is 20.0 Å². The minimum Gasteiger partial charge on any atom is -0.481 e. The fraction of sp³-hybridized carbons (Fsp3) is 0.154. The van der Waals surface area contributed by atoms with Crippen LogP contribution < -0.4 is 19.9 Å². The standard InChI is InChI=1S/C13H13N3O5/c1-19-9-6-10(20-2)16-13(15-9)21-8-5-3-4-7(14)11(8)12(17)18/h3-6H,14H2,1-2H3,(H,17,18). The number of aromatic nitrogens is 2. The lowest BCUT2D eigenvalue weighted by molar-refractivity contribution is 0.0695. The molecule has 3 N–H and O–H groups in total. The average molecular weight is 291 g/mol. The molecule has 8 heteroatoms. The van der Waals surface area contributed by atoms with Gasteiger partial charge in [-0.05, 0) is 12.1 Å². The highest BCUT2D eigenvalue weighted by Gasteiger charge is 2.17. The van der Waals surface area contributed by atoms with Gasteiger partial charge < -0.3 is 25.1 Å². The molecule has 2 aromatic rings. The van der Waals surface area contributed by atoms with Crippen LogP contribution >= 0.6 is 0 Å². The smallest absolute Gasteiger partial charge is 0.341 e. The normalized spacial score (nSPS) is 10.0. The van der Waals surface area contributed by atoms with Crippen molar-refractivity contribution in [1.29, 1.82) is 0 Å². The van der Waals surface area contributed by atoms with Gasteiger partial charge in [0.05, 0.1) is 20.3 Å². The number of hydrogen-bond donors (Lipinski definition) is 2. The van der Waals surface area contributed by atoms with Crippen LogP contribution in [0.2, 0.25) is 0 Å². The molecule has 110 valence electrons. The Labute approximate surface area is 120 Å². The van der Waals surface area contributed by atoms with Crippen molar-refractivity contribution >= 4 is 11.7 Å². The first-order valence-corrected chi connectivity index (χ1v) is 5.82. The van der Waals surface area contributed by atoms with E-state index in [9.17, 15) is 9.90 Å². The van der Waals surface area contributed by atoms with Crippen LogP contribution in [0.1, 0.15) is 10.4 Å². The van der Waals surface area contributed by atoms with E-state index in [1.807, 2.05) is 0 Å². The molecule has 0 unspecified atom stereocenters. The van der Waals surface area contributed by atoms with E-state index in [4.69, 9.17) is 19.9 Å². The molecule has 0 aliphatic rings. The zero-order valence-corrected chi connectivity index (χ0v) is 11.4. The Balaban J connectivity index is 2.43. The van der Waals surface area contributed by atoms with Gasteiger partial charge >= 0.3 is 12.0 Å². The number of carboxylic acid groups (broad SMARTS) is 1. The highest BCUT2D eigenvalue weighted by atomic mass is 16.5. The summed E-state index contributed by atoms with van der Waals surface area (Å²) in [6, 6.07) is 5.83. The van der Waals surface area contributed by atoms with Crippen molar-refractivity contribution in [2.45, 2.75) is 0 Å². The van der Waals surface area contributed by atoms with E-state index in [1.54, 1.807) is 6.07 Å². The molecule has 0 amide bonds. The number of anilines is 1. The third-order valence-corrected chi connectivity index (χ3v) is 2.55. The number of aromatic carboxylic acids is 1. The lowest BCUT2D eigenvalue weighted by Gasteiger charge is -2.10. The second kappa shape index (κ2) is 5.95. The molecule has 0 radical (unpaired) electrons. The molecule has 0 bridgehead atoms. The van der Waals surface area contributed by atoms with Crippen LogP contribution in [0.4, 0.5) is 5.69 Å². The quantitative estimate of drug-likeness (QED) is 0.797. The number of nitrogens with zero attached hydrogens (tertiary/aromatic N) is 2. The Hall–Kier alpha value is -3.03. The summed E-state index contributed by atoms with van der Waals surface area (Å²) >= 11 is 0. The van der Waals surface area contributed by atoms with E-state index in [0.29, 0.717) is 0 Å². The number of carboxylic acids is 1. The average Bonchev–Trinajstić information content (AvgIpc) is 2.46. The SMILES string of the molecule is COc1cc(OC)nc(Oc2cccc(N)c2C(=O)O)n1. The molecule has 1 heterocycles.